The summed E-state index contributed by atoms with van der Waals surface area (Å²) in [5, 5.41) is 10.7. The minimum Gasteiger partial charge on any atom is -0.385 e. The van der Waals surface area contributed by atoms with Crippen LogP contribution < -0.4 is 0 Å². The van der Waals surface area contributed by atoms with Gasteiger partial charge in [0.05, 0.1) is 5.60 Å². The highest BCUT2D eigenvalue weighted by Gasteiger charge is 2.21. The summed E-state index contributed by atoms with van der Waals surface area (Å²) >= 11 is 5.77. The molecule has 1 rings (SSSR count). The molecule has 0 saturated carbocycles. The maximum Gasteiger partial charge on any atom is 0.0863 e. The van der Waals surface area contributed by atoms with E-state index in [-0.39, 0.29) is 0 Å². The summed E-state index contributed by atoms with van der Waals surface area (Å²) in [7, 11) is 0. The van der Waals surface area contributed by atoms with Crippen LogP contribution in [0.15, 0.2) is 36.4 Å². The highest BCUT2D eigenvalue weighted by Crippen LogP contribution is 2.21. The molecule has 0 spiro atoms. The van der Waals surface area contributed by atoms with E-state index in [1.165, 1.54) is 0 Å². The largest absolute Gasteiger partial charge is 0.385 e. The maximum absolute atomic E-state index is 9.98. The van der Waals surface area contributed by atoms with Gasteiger partial charge in [0.1, 0.15) is 0 Å². The molecule has 0 fully saturated rings. The van der Waals surface area contributed by atoms with Crippen molar-refractivity contribution in [2.45, 2.75) is 25.9 Å². The Morgan fingerprint density at radius 2 is 1.93 bits per heavy atom. The highest BCUT2D eigenvalue weighted by molar-refractivity contribution is 6.30. The lowest BCUT2D eigenvalue weighted by atomic mass is 9.91. The van der Waals surface area contributed by atoms with Crippen molar-refractivity contribution in [2.24, 2.45) is 0 Å². The predicted molar refractivity (Wildman–Crippen MR) is 60.6 cm³/mol. The van der Waals surface area contributed by atoms with E-state index in [0.717, 1.165) is 11.1 Å². The molecule has 76 valence electrons. The van der Waals surface area contributed by atoms with Gasteiger partial charge in [-0.1, -0.05) is 30.3 Å². The smallest absolute Gasteiger partial charge is 0.0863 e. The summed E-state index contributed by atoms with van der Waals surface area (Å²) in [5.41, 5.74) is 0.989. The number of halogens is 1. The summed E-state index contributed by atoms with van der Waals surface area (Å²) in [5.74, 6) is 0. The Morgan fingerprint density at radius 1 is 1.43 bits per heavy atom. The standard InChI is InChI=1S/C12H15ClO/c1-9(2)12(3,14)8-10-4-6-11(13)7-5-10/h4-7,14H,1,8H2,2-3H3. The van der Waals surface area contributed by atoms with E-state index >= 15 is 0 Å². The predicted octanol–water partition coefficient (Wildman–Crippen LogP) is 3.21. The second kappa shape index (κ2) is 4.16. The Bertz CT molecular complexity index is 325. The van der Waals surface area contributed by atoms with E-state index in [4.69, 9.17) is 11.6 Å². The molecule has 0 aliphatic carbocycles. The molecule has 1 aromatic carbocycles. The lowest BCUT2D eigenvalue weighted by molar-refractivity contribution is 0.0996. The Morgan fingerprint density at radius 3 is 2.36 bits per heavy atom. The quantitative estimate of drug-likeness (QED) is 0.760. The molecule has 0 heterocycles. The van der Waals surface area contributed by atoms with Crippen molar-refractivity contribution >= 4 is 11.6 Å². The number of hydrogen-bond acceptors (Lipinski definition) is 1. The van der Waals surface area contributed by atoms with Crippen LogP contribution in [0.5, 0.6) is 0 Å². The van der Waals surface area contributed by atoms with Crippen LogP contribution in [0, 0.1) is 0 Å². The van der Waals surface area contributed by atoms with E-state index < -0.39 is 5.60 Å². The van der Waals surface area contributed by atoms with Gasteiger partial charge in [-0.2, -0.15) is 0 Å². The molecule has 0 radical (unpaired) electrons. The zero-order valence-corrected chi connectivity index (χ0v) is 9.30. The molecular formula is C12H15ClO. The second-order valence-electron chi connectivity index (χ2n) is 3.86. The van der Waals surface area contributed by atoms with E-state index in [1.54, 1.807) is 6.92 Å². The summed E-state index contributed by atoms with van der Waals surface area (Å²) < 4.78 is 0. The summed E-state index contributed by atoms with van der Waals surface area (Å²) in [6.45, 7) is 7.36. The molecule has 0 amide bonds. The van der Waals surface area contributed by atoms with Crippen LogP contribution >= 0.6 is 11.6 Å². The fraction of sp³-hybridized carbons (Fsp3) is 0.333. The zero-order chi connectivity index (χ0) is 10.8. The van der Waals surface area contributed by atoms with Crippen molar-refractivity contribution in [3.05, 3.63) is 47.0 Å². The molecular weight excluding hydrogens is 196 g/mol. The fourth-order valence-electron chi connectivity index (χ4n) is 1.15. The zero-order valence-electron chi connectivity index (χ0n) is 8.55. The first-order chi connectivity index (χ1) is 6.42. The average Bonchev–Trinajstić information content (AvgIpc) is 2.08. The van der Waals surface area contributed by atoms with E-state index in [2.05, 4.69) is 6.58 Å². The van der Waals surface area contributed by atoms with Crippen molar-refractivity contribution in [1.29, 1.82) is 0 Å². The molecule has 0 aliphatic rings. The van der Waals surface area contributed by atoms with Gasteiger partial charge in [-0.3, -0.25) is 0 Å². The molecule has 0 aromatic heterocycles. The first-order valence-electron chi connectivity index (χ1n) is 4.54. The third kappa shape index (κ3) is 2.86. The average molecular weight is 211 g/mol. The van der Waals surface area contributed by atoms with Crippen molar-refractivity contribution in [2.75, 3.05) is 0 Å². The van der Waals surface area contributed by atoms with Crippen LogP contribution in [-0.2, 0) is 6.42 Å². The SMILES string of the molecule is C=C(C)C(C)(O)Cc1ccc(Cl)cc1. The van der Waals surface area contributed by atoms with Crippen LogP contribution in [0.25, 0.3) is 0 Å². The third-order valence-corrected chi connectivity index (χ3v) is 2.63. The van der Waals surface area contributed by atoms with Crippen molar-refractivity contribution in [3.8, 4) is 0 Å². The molecule has 1 nitrogen and oxygen atoms in total. The molecule has 1 atom stereocenters. The summed E-state index contributed by atoms with van der Waals surface area (Å²) in [4.78, 5) is 0. The molecule has 0 bridgehead atoms. The van der Waals surface area contributed by atoms with Gasteiger partial charge in [0.2, 0.25) is 0 Å². The normalized spacial score (nSPS) is 14.9. The molecule has 1 N–H and O–H groups in total. The number of rotatable bonds is 3. The third-order valence-electron chi connectivity index (χ3n) is 2.38. The van der Waals surface area contributed by atoms with Gasteiger partial charge in [-0.05, 0) is 37.1 Å². The van der Waals surface area contributed by atoms with Crippen LogP contribution in [0.3, 0.4) is 0 Å². The molecule has 2 heteroatoms. The van der Waals surface area contributed by atoms with Crippen molar-refractivity contribution in [1.82, 2.24) is 0 Å². The van der Waals surface area contributed by atoms with Gasteiger partial charge in [-0.15, -0.1) is 0 Å². The summed E-state index contributed by atoms with van der Waals surface area (Å²) in [6, 6.07) is 7.48. The maximum atomic E-state index is 9.98. The summed E-state index contributed by atoms with van der Waals surface area (Å²) in [6.07, 6.45) is 0.569. The monoisotopic (exact) mass is 210 g/mol. The van der Waals surface area contributed by atoms with Gasteiger partial charge in [0, 0.05) is 11.4 Å². The topological polar surface area (TPSA) is 20.2 Å². The van der Waals surface area contributed by atoms with Gasteiger partial charge in [0.25, 0.3) is 0 Å². The highest BCUT2D eigenvalue weighted by atomic mass is 35.5. The Kier molecular flexibility index (Phi) is 3.35. The van der Waals surface area contributed by atoms with Crippen LogP contribution in [-0.4, -0.2) is 10.7 Å². The van der Waals surface area contributed by atoms with E-state index in [9.17, 15) is 5.11 Å². The van der Waals surface area contributed by atoms with Gasteiger partial charge >= 0.3 is 0 Å². The van der Waals surface area contributed by atoms with Crippen LogP contribution in [0.2, 0.25) is 5.02 Å². The lowest BCUT2D eigenvalue weighted by Gasteiger charge is -2.23. The Balaban J connectivity index is 2.79. The second-order valence-corrected chi connectivity index (χ2v) is 4.29. The van der Waals surface area contributed by atoms with Gasteiger partial charge in [0.15, 0.2) is 0 Å². The first-order valence-corrected chi connectivity index (χ1v) is 4.92. The molecule has 0 saturated heterocycles. The van der Waals surface area contributed by atoms with Crippen LogP contribution in [0.4, 0.5) is 0 Å². The minimum atomic E-state index is -0.839. The van der Waals surface area contributed by atoms with Crippen molar-refractivity contribution in [3.63, 3.8) is 0 Å². The molecule has 14 heavy (non-hydrogen) atoms. The van der Waals surface area contributed by atoms with Gasteiger partial charge < -0.3 is 5.11 Å². The van der Waals surface area contributed by atoms with E-state index in [1.807, 2.05) is 31.2 Å². The molecule has 1 unspecified atom stereocenters. The Labute approximate surface area is 90.0 Å². The van der Waals surface area contributed by atoms with Crippen LogP contribution in [0.1, 0.15) is 19.4 Å². The molecule has 0 aliphatic heterocycles. The number of benzene rings is 1. The fourth-order valence-corrected chi connectivity index (χ4v) is 1.28. The molecule has 1 aromatic rings. The minimum absolute atomic E-state index is 0.569. The first kappa shape index (κ1) is 11.3. The van der Waals surface area contributed by atoms with Gasteiger partial charge in [-0.25, -0.2) is 0 Å². The van der Waals surface area contributed by atoms with E-state index in [0.29, 0.717) is 11.4 Å². The number of hydrogen-bond donors (Lipinski definition) is 1. The lowest BCUT2D eigenvalue weighted by Crippen LogP contribution is -2.27. The Hall–Kier alpha value is -0.790. The number of aliphatic hydroxyl groups is 1. The van der Waals surface area contributed by atoms with Crippen molar-refractivity contribution < 1.29 is 5.11 Å².